The van der Waals surface area contributed by atoms with Gasteiger partial charge in [0.15, 0.2) is 18.1 Å². The third-order valence-electron chi connectivity index (χ3n) is 4.47. The molecule has 0 saturated carbocycles. The molecule has 1 saturated heterocycles. The van der Waals surface area contributed by atoms with Crippen molar-refractivity contribution in [1.29, 1.82) is 0 Å². The molecular formula is C22H19BrN2O7. The molecule has 3 rings (SSSR count). The number of para-hydroxylation sites is 1. The number of carboxylic acid groups (broad SMARTS) is 1. The first-order valence-corrected chi connectivity index (χ1v) is 10.3. The molecule has 0 atom stereocenters. The van der Waals surface area contributed by atoms with Crippen LogP contribution in [0.3, 0.4) is 0 Å². The Morgan fingerprint density at radius 1 is 1.16 bits per heavy atom. The Kier molecular flexibility index (Phi) is 6.94. The van der Waals surface area contributed by atoms with Gasteiger partial charge in [0.1, 0.15) is 5.57 Å². The molecule has 10 heteroatoms. The highest BCUT2D eigenvalue weighted by Crippen LogP contribution is 2.35. The molecule has 2 aromatic rings. The van der Waals surface area contributed by atoms with Crippen molar-refractivity contribution in [2.45, 2.75) is 13.8 Å². The number of rotatable bonds is 7. The number of ether oxygens (including phenoxy) is 2. The zero-order valence-corrected chi connectivity index (χ0v) is 18.8. The molecule has 0 aromatic heterocycles. The number of aliphatic carboxylic acids is 1. The standard InChI is InChI=1S/C22H19BrN2O7/c1-3-31-17-9-13(15(23)10-18(17)32-11-19(26)27)8-14-20(28)24-22(30)25(21(14)29)16-7-5-4-6-12(16)2/h4-10H,3,11H2,1-2H3,(H,26,27)(H,24,28,30)/b14-8+. The molecule has 0 aliphatic carbocycles. The lowest BCUT2D eigenvalue weighted by atomic mass is 10.1. The van der Waals surface area contributed by atoms with Crippen molar-refractivity contribution < 1.29 is 33.8 Å². The Morgan fingerprint density at radius 3 is 2.50 bits per heavy atom. The Labute approximate surface area is 191 Å². The molecule has 32 heavy (non-hydrogen) atoms. The lowest BCUT2D eigenvalue weighted by Crippen LogP contribution is -2.54. The number of amides is 4. The van der Waals surface area contributed by atoms with Crippen LogP contribution in [0, 0.1) is 6.92 Å². The molecule has 0 bridgehead atoms. The van der Waals surface area contributed by atoms with Gasteiger partial charge in [-0.25, -0.2) is 14.5 Å². The first-order valence-electron chi connectivity index (χ1n) is 9.51. The minimum absolute atomic E-state index is 0.180. The van der Waals surface area contributed by atoms with E-state index in [1.165, 1.54) is 18.2 Å². The van der Waals surface area contributed by atoms with Crippen molar-refractivity contribution in [3.05, 3.63) is 57.6 Å². The van der Waals surface area contributed by atoms with E-state index in [2.05, 4.69) is 21.2 Å². The number of carbonyl (C=O) groups is 4. The van der Waals surface area contributed by atoms with Crippen LogP contribution in [-0.4, -0.2) is 42.1 Å². The summed E-state index contributed by atoms with van der Waals surface area (Å²) in [5.74, 6) is -2.34. The van der Waals surface area contributed by atoms with Crippen LogP contribution in [0.1, 0.15) is 18.1 Å². The zero-order chi connectivity index (χ0) is 23.4. The molecule has 0 unspecified atom stereocenters. The van der Waals surface area contributed by atoms with Crippen molar-refractivity contribution in [2.75, 3.05) is 18.1 Å². The van der Waals surface area contributed by atoms with Crippen LogP contribution in [0.2, 0.25) is 0 Å². The van der Waals surface area contributed by atoms with Crippen molar-refractivity contribution in [3.63, 3.8) is 0 Å². The van der Waals surface area contributed by atoms with Crippen LogP contribution in [-0.2, 0) is 14.4 Å². The molecule has 1 aliphatic heterocycles. The molecular weight excluding hydrogens is 484 g/mol. The van der Waals surface area contributed by atoms with Crippen LogP contribution >= 0.6 is 15.9 Å². The maximum absolute atomic E-state index is 13.1. The van der Waals surface area contributed by atoms with Gasteiger partial charge in [0, 0.05) is 4.47 Å². The summed E-state index contributed by atoms with van der Waals surface area (Å²) in [6, 6.07) is 8.96. The van der Waals surface area contributed by atoms with E-state index in [1.54, 1.807) is 38.1 Å². The van der Waals surface area contributed by atoms with E-state index in [0.717, 1.165) is 4.90 Å². The average Bonchev–Trinajstić information content (AvgIpc) is 2.73. The summed E-state index contributed by atoms with van der Waals surface area (Å²) < 4.78 is 11.2. The normalized spacial score (nSPS) is 15.0. The molecule has 2 aromatic carbocycles. The molecule has 9 nitrogen and oxygen atoms in total. The van der Waals surface area contributed by atoms with Gasteiger partial charge >= 0.3 is 12.0 Å². The van der Waals surface area contributed by atoms with E-state index < -0.39 is 30.4 Å². The molecule has 1 fully saturated rings. The number of carboxylic acids is 1. The minimum Gasteiger partial charge on any atom is -0.490 e. The second-order valence-corrected chi connectivity index (χ2v) is 7.53. The summed E-state index contributed by atoms with van der Waals surface area (Å²) in [5, 5.41) is 11.0. The average molecular weight is 503 g/mol. The number of urea groups is 1. The number of nitrogens with one attached hydrogen (secondary N) is 1. The van der Waals surface area contributed by atoms with E-state index in [4.69, 9.17) is 14.6 Å². The van der Waals surface area contributed by atoms with Crippen LogP contribution < -0.4 is 19.7 Å². The third kappa shape index (κ3) is 4.80. The first-order chi connectivity index (χ1) is 15.2. The maximum Gasteiger partial charge on any atom is 0.341 e. The van der Waals surface area contributed by atoms with E-state index >= 15 is 0 Å². The molecule has 0 spiro atoms. The Balaban J connectivity index is 2.03. The number of hydrogen-bond donors (Lipinski definition) is 2. The van der Waals surface area contributed by atoms with Gasteiger partial charge < -0.3 is 14.6 Å². The number of imide groups is 2. The van der Waals surface area contributed by atoms with Gasteiger partial charge in [-0.15, -0.1) is 0 Å². The Hall–Kier alpha value is -3.66. The lowest BCUT2D eigenvalue weighted by Gasteiger charge is -2.27. The summed E-state index contributed by atoms with van der Waals surface area (Å²) in [6.07, 6.45) is 1.32. The SMILES string of the molecule is CCOc1cc(/C=C2\C(=O)NC(=O)N(c3ccccc3C)C2=O)c(Br)cc1OCC(=O)O. The quantitative estimate of drug-likeness (QED) is 0.439. The second kappa shape index (κ2) is 9.65. The summed E-state index contributed by atoms with van der Waals surface area (Å²) in [7, 11) is 0. The number of anilines is 1. The molecule has 0 radical (unpaired) electrons. The number of nitrogens with zero attached hydrogens (tertiary/aromatic N) is 1. The molecule has 2 N–H and O–H groups in total. The van der Waals surface area contributed by atoms with Crippen molar-refractivity contribution in [1.82, 2.24) is 5.32 Å². The van der Waals surface area contributed by atoms with Gasteiger partial charge in [0.05, 0.1) is 12.3 Å². The maximum atomic E-state index is 13.1. The highest BCUT2D eigenvalue weighted by atomic mass is 79.9. The van der Waals surface area contributed by atoms with Gasteiger partial charge in [-0.05, 0) is 49.2 Å². The summed E-state index contributed by atoms with van der Waals surface area (Å²) in [5.41, 5.74) is 1.19. The van der Waals surface area contributed by atoms with E-state index in [9.17, 15) is 19.2 Å². The van der Waals surface area contributed by atoms with Crippen molar-refractivity contribution in [2.24, 2.45) is 0 Å². The van der Waals surface area contributed by atoms with Gasteiger partial charge in [-0.2, -0.15) is 0 Å². The number of halogens is 1. The van der Waals surface area contributed by atoms with Crippen LogP contribution in [0.4, 0.5) is 10.5 Å². The fourth-order valence-corrected chi connectivity index (χ4v) is 3.46. The van der Waals surface area contributed by atoms with Gasteiger partial charge in [-0.3, -0.25) is 14.9 Å². The smallest absolute Gasteiger partial charge is 0.341 e. The Bertz CT molecular complexity index is 1140. The van der Waals surface area contributed by atoms with Crippen LogP contribution in [0.15, 0.2) is 46.4 Å². The van der Waals surface area contributed by atoms with E-state index in [-0.39, 0.29) is 23.7 Å². The number of benzene rings is 2. The largest absolute Gasteiger partial charge is 0.490 e. The number of barbiturate groups is 1. The predicted molar refractivity (Wildman–Crippen MR) is 119 cm³/mol. The fraction of sp³-hybridized carbons (Fsp3) is 0.182. The number of carbonyl (C=O) groups excluding carboxylic acids is 3. The predicted octanol–water partition coefficient (Wildman–Crippen LogP) is 3.29. The van der Waals surface area contributed by atoms with Gasteiger partial charge in [0.25, 0.3) is 11.8 Å². The highest BCUT2D eigenvalue weighted by Gasteiger charge is 2.37. The van der Waals surface area contributed by atoms with Gasteiger partial charge in [0.2, 0.25) is 0 Å². The molecule has 166 valence electrons. The molecule has 1 heterocycles. The van der Waals surface area contributed by atoms with Crippen LogP contribution in [0.25, 0.3) is 6.08 Å². The minimum atomic E-state index is -1.15. The zero-order valence-electron chi connectivity index (χ0n) is 17.2. The number of hydrogen-bond acceptors (Lipinski definition) is 6. The monoisotopic (exact) mass is 502 g/mol. The van der Waals surface area contributed by atoms with Crippen molar-refractivity contribution >= 4 is 51.5 Å². The van der Waals surface area contributed by atoms with Crippen molar-refractivity contribution in [3.8, 4) is 11.5 Å². The van der Waals surface area contributed by atoms with Gasteiger partial charge in [-0.1, -0.05) is 34.1 Å². The first kappa shape index (κ1) is 23.0. The molecule has 1 aliphatic rings. The highest BCUT2D eigenvalue weighted by molar-refractivity contribution is 9.10. The summed E-state index contributed by atoms with van der Waals surface area (Å²) in [4.78, 5) is 49.7. The van der Waals surface area contributed by atoms with E-state index in [0.29, 0.717) is 21.3 Å². The van der Waals surface area contributed by atoms with E-state index in [1.807, 2.05) is 0 Å². The number of aryl methyl sites for hydroxylation is 1. The summed E-state index contributed by atoms with van der Waals surface area (Å²) >= 11 is 3.34. The third-order valence-corrected chi connectivity index (χ3v) is 5.16. The lowest BCUT2D eigenvalue weighted by molar-refractivity contribution is -0.139. The Morgan fingerprint density at radius 2 is 1.84 bits per heavy atom. The second-order valence-electron chi connectivity index (χ2n) is 6.68. The summed E-state index contributed by atoms with van der Waals surface area (Å²) in [6.45, 7) is 3.19. The molecule has 4 amide bonds. The van der Waals surface area contributed by atoms with Crippen LogP contribution in [0.5, 0.6) is 11.5 Å². The topological polar surface area (TPSA) is 122 Å². The fourth-order valence-electron chi connectivity index (χ4n) is 3.03.